The summed E-state index contributed by atoms with van der Waals surface area (Å²) in [4.78, 5) is 14.4. The molecule has 0 unspecified atom stereocenters. The first kappa shape index (κ1) is 15.1. The highest BCUT2D eigenvalue weighted by molar-refractivity contribution is 5.89. The molecule has 0 saturated carbocycles. The number of furan rings is 1. The number of aryl methyl sites for hydroxylation is 2. The Labute approximate surface area is 131 Å². The number of ether oxygens (including phenoxy) is 1. The molecule has 0 spiro atoms. The third-order valence-corrected chi connectivity index (χ3v) is 4.81. The molecule has 1 amide bonds. The van der Waals surface area contributed by atoms with Crippen LogP contribution in [0.1, 0.15) is 29.5 Å². The lowest BCUT2D eigenvalue weighted by atomic mass is 10.0. The Kier molecular flexibility index (Phi) is 4.21. The third-order valence-electron chi connectivity index (χ3n) is 4.81. The van der Waals surface area contributed by atoms with Gasteiger partial charge in [0.25, 0.3) is 0 Å². The van der Waals surface area contributed by atoms with E-state index >= 15 is 0 Å². The Morgan fingerprint density at radius 1 is 1.32 bits per heavy atom. The number of piperidine rings is 1. The van der Waals surface area contributed by atoms with E-state index in [0.717, 1.165) is 48.0 Å². The van der Waals surface area contributed by atoms with Gasteiger partial charge in [-0.25, -0.2) is 0 Å². The number of nitrogens with zero attached hydrogens (tertiary/aromatic N) is 1. The molecule has 1 fully saturated rings. The van der Waals surface area contributed by atoms with Crippen molar-refractivity contribution >= 4 is 16.9 Å². The van der Waals surface area contributed by atoms with Crippen molar-refractivity contribution in [1.29, 1.82) is 0 Å². The van der Waals surface area contributed by atoms with Gasteiger partial charge in [0, 0.05) is 31.1 Å². The highest BCUT2D eigenvalue weighted by atomic mass is 16.5. The van der Waals surface area contributed by atoms with E-state index in [2.05, 4.69) is 26.0 Å². The zero-order valence-electron chi connectivity index (χ0n) is 13.5. The quantitative estimate of drug-likeness (QED) is 0.874. The molecule has 4 heteroatoms. The summed E-state index contributed by atoms with van der Waals surface area (Å²) < 4.78 is 11.0. The SMILES string of the molecule is COC1CCN(C(=O)Cc2coc3c(C)c(C)ccc23)CC1. The first-order valence-electron chi connectivity index (χ1n) is 7.87. The molecule has 2 aromatic rings. The number of amides is 1. The number of carbonyl (C=O) groups excluding carboxylic acids is 1. The molecule has 0 aliphatic carbocycles. The highest BCUT2D eigenvalue weighted by Crippen LogP contribution is 2.27. The predicted octanol–water partition coefficient (Wildman–Crippen LogP) is 3.23. The Balaban J connectivity index is 1.74. The lowest BCUT2D eigenvalue weighted by molar-refractivity contribution is -0.132. The van der Waals surface area contributed by atoms with E-state index in [9.17, 15) is 4.79 Å². The van der Waals surface area contributed by atoms with Crippen LogP contribution in [0.25, 0.3) is 11.0 Å². The summed E-state index contributed by atoms with van der Waals surface area (Å²) in [6.45, 7) is 5.70. The predicted molar refractivity (Wildman–Crippen MR) is 86.0 cm³/mol. The average Bonchev–Trinajstić information content (AvgIpc) is 2.94. The number of hydrogen-bond acceptors (Lipinski definition) is 3. The molecule has 1 saturated heterocycles. The van der Waals surface area contributed by atoms with Crippen molar-refractivity contribution < 1.29 is 13.9 Å². The van der Waals surface area contributed by atoms with Crippen molar-refractivity contribution in [3.05, 3.63) is 35.1 Å². The molecule has 0 N–H and O–H groups in total. The van der Waals surface area contributed by atoms with Gasteiger partial charge in [0.2, 0.25) is 5.91 Å². The molecule has 1 aromatic carbocycles. The monoisotopic (exact) mass is 301 g/mol. The Bertz CT molecular complexity index is 681. The Morgan fingerprint density at radius 3 is 2.73 bits per heavy atom. The lowest BCUT2D eigenvalue weighted by Crippen LogP contribution is -2.41. The number of benzene rings is 1. The first-order valence-corrected chi connectivity index (χ1v) is 7.87. The van der Waals surface area contributed by atoms with Gasteiger partial charge in [-0.05, 0) is 37.8 Å². The molecule has 2 heterocycles. The van der Waals surface area contributed by atoms with Gasteiger partial charge < -0.3 is 14.1 Å². The third kappa shape index (κ3) is 2.75. The van der Waals surface area contributed by atoms with E-state index in [0.29, 0.717) is 12.5 Å². The second-order valence-electron chi connectivity index (χ2n) is 6.14. The van der Waals surface area contributed by atoms with Crippen molar-refractivity contribution in [3.63, 3.8) is 0 Å². The van der Waals surface area contributed by atoms with Gasteiger partial charge in [0.15, 0.2) is 0 Å². The zero-order valence-corrected chi connectivity index (χ0v) is 13.5. The molecule has 0 bridgehead atoms. The van der Waals surface area contributed by atoms with Crippen LogP contribution in [-0.4, -0.2) is 37.1 Å². The molecule has 4 nitrogen and oxygen atoms in total. The number of rotatable bonds is 3. The number of hydrogen-bond donors (Lipinski definition) is 0. The van der Waals surface area contributed by atoms with Gasteiger partial charge >= 0.3 is 0 Å². The van der Waals surface area contributed by atoms with Crippen LogP contribution >= 0.6 is 0 Å². The highest BCUT2D eigenvalue weighted by Gasteiger charge is 2.23. The van der Waals surface area contributed by atoms with E-state index in [1.54, 1.807) is 13.4 Å². The molecule has 1 aliphatic rings. The van der Waals surface area contributed by atoms with Crippen LogP contribution < -0.4 is 0 Å². The summed E-state index contributed by atoms with van der Waals surface area (Å²) in [6, 6.07) is 4.15. The summed E-state index contributed by atoms with van der Waals surface area (Å²) in [7, 11) is 1.74. The average molecular weight is 301 g/mol. The summed E-state index contributed by atoms with van der Waals surface area (Å²) in [5.41, 5.74) is 4.25. The van der Waals surface area contributed by atoms with E-state index in [1.165, 1.54) is 5.56 Å². The maximum absolute atomic E-state index is 12.5. The second-order valence-corrected chi connectivity index (χ2v) is 6.14. The van der Waals surface area contributed by atoms with Crippen LogP contribution in [0.15, 0.2) is 22.8 Å². The molecule has 0 atom stereocenters. The van der Waals surface area contributed by atoms with Crippen LogP contribution in [0.3, 0.4) is 0 Å². The molecule has 1 aromatic heterocycles. The van der Waals surface area contributed by atoms with Crippen molar-refractivity contribution in [2.75, 3.05) is 20.2 Å². The minimum absolute atomic E-state index is 0.176. The molecule has 22 heavy (non-hydrogen) atoms. The summed E-state index contributed by atoms with van der Waals surface area (Å²) in [5.74, 6) is 0.176. The largest absolute Gasteiger partial charge is 0.464 e. The van der Waals surface area contributed by atoms with Gasteiger partial charge in [-0.2, -0.15) is 0 Å². The van der Waals surface area contributed by atoms with Crippen molar-refractivity contribution in [2.24, 2.45) is 0 Å². The van der Waals surface area contributed by atoms with E-state index in [4.69, 9.17) is 9.15 Å². The van der Waals surface area contributed by atoms with E-state index in [-0.39, 0.29) is 5.91 Å². The normalized spacial score (nSPS) is 16.4. The topological polar surface area (TPSA) is 42.7 Å². The number of methoxy groups -OCH3 is 1. The molecular formula is C18H23NO3. The summed E-state index contributed by atoms with van der Waals surface area (Å²) in [6.07, 6.45) is 4.29. The lowest BCUT2D eigenvalue weighted by Gasteiger charge is -2.31. The van der Waals surface area contributed by atoms with Gasteiger partial charge in [-0.15, -0.1) is 0 Å². The molecule has 1 aliphatic heterocycles. The van der Waals surface area contributed by atoms with E-state index in [1.807, 2.05) is 4.90 Å². The molecular weight excluding hydrogens is 278 g/mol. The van der Waals surface area contributed by atoms with Crippen molar-refractivity contribution in [1.82, 2.24) is 4.90 Å². The molecule has 0 radical (unpaired) electrons. The van der Waals surface area contributed by atoms with Crippen molar-refractivity contribution in [2.45, 2.75) is 39.2 Å². The zero-order chi connectivity index (χ0) is 15.7. The number of likely N-dealkylation sites (tertiary alicyclic amines) is 1. The molecule has 3 rings (SSSR count). The minimum Gasteiger partial charge on any atom is -0.464 e. The summed E-state index contributed by atoms with van der Waals surface area (Å²) in [5, 5.41) is 1.06. The fraction of sp³-hybridized carbons (Fsp3) is 0.500. The minimum atomic E-state index is 0.176. The van der Waals surface area contributed by atoms with Gasteiger partial charge in [0.05, 0.1) is 18.8 Å². The number of carbonyl (C=O) groups is 1. The second kappa shape index (κ2) is 6.13. The first-order chi connectivity index (χ1) is 10.6. The van der Waals surface area contributed by atoms with Gasteiger partial charge in [-0.1, -0.05) is 12.1 Å². The van der Waals surface area contributed by atoms with Gasteiger partial charge in [0.1, 0.15) is 5.58 Å². The number of fused-ring (bicyclic) bond motifs is 1. The fourth-order valence-corrected chi connectivity index (χ4v) is 3.14. The Hall–Kier alpha value is -1.81. The maximum Gasteiger partial charge on any atom is 0.227 e. The summed E-state index contributed by atoms with van der Waals surface area (Å²) >= 11 is 0. The van der Waals surface area contributed by atoms with Crippen LogP contribution in [-0.2, 0) is 16.0 Å². The standard InChI is InChI=1S/C18H23NO3/c1-12-4-5-16-14(11-22-18(16)13(12)2)10-17(20)19-8-6-15(21-3)7-9-19/h4-5,11,15H,6-10H2,1-3H3. The van der Waals surface area contributed by atoms with E-state index < -0.39 is 0 Å². The Morgan fingerprint density at radius 2 is 2.05 bits per heavy atom. The van der Waals surface area contributed by atoms with Crippen LogP contribution in [0, 0.1) is 13.8 Å². The van der Waals surface area contributed by atoms with Crippen molar-refractivity contribution in [3.8, 4) is 0 Å². The van der Waals surface area contributed by atoms with Crippen LogP contribution in [0.2, 0.25) is 0 Å². The fourth-order valence-electron chi connectivity index (χ4n) is 3.14. The van der Waals surface area contributed by atoms with Gasteiger partial charge in [-0.3, -0.25) is 4.79 Å². The van der Waals surface area contributed by atoms with Crippen LogP contribution in [0.5, 0.6) is 0 Å². The molecule has 118 valence electrons. The van der Waals surface area contributed by atoms with Crippen LogP contribution in [0.4, 0.5) is 0 Å². The maximum atomic E-state index is 12.5. The smallest absolute Gasteiger partial charge is 0.227 e.